The third-order valence-electron chi connectivity index (χ3n) is 3.81. The Kier molecular flexibility index (Phi) is 4.20. The van der Waals surface area contributed by atoms with Crippen LogP contribution in [0.25, 0.3) is 0 Å². The first-order valence-electron chi connectivity index (χ1n) is 7.42. The van der Waals surface area contributed by atoms with Crippen molar-refractivity contribution in [3.63, 3.8) is 0 Å². The summed E-state index contributed by atoms with van der Waals surface area (Å²) in [7, 11) is 0. The highest BCUT2D eigenvalue weighted by atomic mass is 19.1. The molecule has 1 N–H and O–H groups in total. The van der Waals surface area contributed by atoms with Crippen molar-refractivity contribution in [1.82, 2.24) is 5.32 Å². The Balaban J connectivity index is 1.43. The van der Waals surface area contributed by atoms with Gasteiger partial charge < -0.3 is 10.1 Å². The minimum Gasteiger partial charge on any atom is -0.488 e. The molecular weight excluding hydrogens is 265 g/mol. The molecule has 0 amide bonds. The molecule has 2 nitrogen and oxygen atoms in total. The first-order valence-corrected chi connectivity index (χ1v) is 7.42. The SMILES string of the molecule is Cc1ccc2c(c1)CC(CNCCc1cccc(F)c1)O2. The summed E-state index contributed by atoms with van der Waals surface area (Å²) in [6.45, 7) is 3.76. The summed E-state index contributed by atoms with van der Waals surface area (Å²) >= 11 is 0. The molecule has 0 aromatic heterocycles. The highest BCUT2D eigenvalue weighted by Gasteiger charge is 2.22. The highest BCUT2D eigenvalue weighted by Crippen LogP contribution is 2.29. The van der Waals surface area contributed by atoms with Crippen LogP contribution in [0.3, 0.4) is 0 Å². The van der Waals surface area contributed by atoms with Crippen LogP contribution in [0.4, 0.5) is 4.39 Å². The highest BCUT2D eigenvalue weighted by molar-refractivity contribution is 5.40. The lowest BCUT2D eigenvalue weighted by atomic mass is 10.1. The zero-order valence-electron chi connectivity index (χ0n) is 12.2. The van der Waals surface area contributed by atoms with Crippen molar-refractivity contribution in [2.45, 2.75) is 25.9 Å². The van der Waals surface area contributed by atoms with Gasteiger partial charge >= 0.3 is 0 Å². The second-order valence-electron chi connectivity index (χ2n) is 5.64. The Bertz CT molecular complexity index is 626. The van der Waals surface area contributed by atoms with Crippen LogP contribution in [0, 0.1) is 12.7 Å². The minimum atomic E-state index is -0.169. The second-order valence-corrected chi connectivity index (χ2v) is 5.64. The molecular formula is C18H20FNO. The van der Waals surface area contributed by atoms with Gasteiger partial charge in [-0.15, -0.1) is 0 Å². The molecule has 21 heavy (non-hydrogen) atoms. The predicted octanol–water partition coefficient (Wildman–Crippen LogP) is 3.27. The van der Waals surface area contributed by atoms with Gasteiger partial charge in [0.15, 0.2) is 0 Å². The zero-order valence-corrected chi connectivity index (χ0v) is 12.2. The van der Waals surface area contributed by atoms with Crippen LogP contribution in [-0.2, 0) is 12.8 Å². The van der Waals surface area contributed by atoms with Crippen molar-refractivity contribution >= 4 is 0 Å². The van der Waals surface area contributed by atoms with Crippen molar-refractivity contribution in [3.05, 3.63) is 65.0 Å². The number of aryl methyl sites for hydroxylation is 1. The monoisotopic (exact) mass is 285 g/mol. The summed E-state index contributed by atoms with van der Waals surface area (Å²) < 4.78 is 19.0. The van der Waals surface area contributed by atoms with E-state index in [1.807, 2.05) is 6.07 Å². The Morgan fingerprint density at radius 1 is 1.24 bits per heavy atom. The summed E-state index contributed by atoms with van der Waals surface area (Å²) in [5, 5.41) is 3.40. The standard InChI is InChI=1S/C18H20FNO/c1-13-5-6-18-15(9-13)11-17(21-18)12-20-8-7-14-3-2-4-16(19)10-14/h2-6,9-10,17,20H,7-8,11-12H2,1H3. The summed E-state index contributed by atoms with van der Waals surface area (Å²) in [6.07, 6.45) is 2.00. The molecule has 0 spiro atoms. The molecule has 0 fully saturated rings. The van der Waals surface area contributed by atoms with E-state index in [9.17, 15) is 4.39 Å². The number of hydrogen-bond acceptors (Lipinski definition) is 2. The number of hydrogen-bond donors (Lipinski definition) is 1. The van der Waals surface area contributed by atoms with E-state index in [2.05, 4.69) is 30.4 Å². The fraction of sp³-hybridized carbons (Fsp3) is 0.333. The van der Waals surface area contributed by atoms with Gasteiger partial charge in [-0.1, -0.05) is 29.8 Å². The Hall–Kier alpha value is -1.87. The number of rotatable bonds is 5. The van der Waals surface area contributed by atoms with Crippen molar-refractivity contribution < 1.29 is 9.13 Å². The molecule has 1 aliphatic rings. The zero-order chi connectivity index (χ0) is 14.7. The lowest BCUT2D eigenvalue weighted by Crippen LogP contribution is -2.31. The number of benzene rings is 2. The van der Waals surface area contributed by atoms with Crippen LogP contribution in [0.5, 0.6) is 5.75 Å². The first kappa shape index (κ1) is 14.1. The van der Waals surface area contributed by atoms with E-state index in [1.54, 1.807) is 12.1 Å². The van der Waals surface area contributed by atoms with E-state index >= 15 is 0 Å². The third-order valence-corrected chi connectivity index (χ3v) is 3.81. The molecule has 1 heterocycles. The molecule has 2 aromatic rings. The molecule has 0 bridgehead atoms. The molecule has 0 saturated heterocycles. The van der Waals surface area contributed by atoms with E-state index in [-0.39, 0.29) is 11.9 Å². The van der Waals surface area contributed by atoms with Gasteiger partial charge in [-0.25, -0.2) is 4.39 Å². The molecule has 2 aromatic carbocycles. The normalized spacial score (nSPS) is 16.6. The van der Waals surface area contributed by atoms with E-state index in [0.717, 1.165) is 37.2 Å². The largest absolute Gasteiger partial charge is 0.488 e. The summed E-state index contributed by atoms with van der Waals surface area (Å²) in [5.41, 5.74) is 3.60. The number of nitrogens with one attached hydrogen (secondary N) is 1. The lowest BCUT2D eigenvalue weighted by molar-refractivity contribution is 0.228. The maximum atomic E-state index is 13.1. The molecule has 1 aliphatic heterocycles. The predicted molar refractivity (Wildman–Crippen MR) is 82.3 cm³/mol. The molecule has 1 unspecified atom stereocenters. The molecule has 0 saturated carbocycles. The van der Waals surface area contributed by atoms with Crippen molar-refractivity contribution in [2.24, 2.45) is 0 Å². The van der Waals surface area contributed by atoms with Crippen molar-refractivity contribution in [1.29, 1.82) is 0 Å². The molecule has 3 heteroatoms. The van der Waals surface area contributed by atoms with Crippen molar-refractivity contribution in [2.75, 3.05) is 13.1 Å². The van der Waals surface area contributed by atoms with Crippen LogP contribution in [0.2, 0.25) is 0 Å². The maximum Gasteiger partial charge on any atom is 0.123 e. The van der Waals surface area contributed by atoms with Gasteiger partial charge in [0, 0.05) is 13.0 Å². The van der Waals surface area contributed by atoms with Crippen LogP contribution in [0.15, 0.2) is 42.5 Å². The van der Waals surface area contributed by atoms with Gasteiger partial charge in [-0.2, -0.15) is 0 Å². The third kappa shape index (κ3) is 3.61. The number of halogens is 1. The van der Waals surface area contributed by atoms with Gasteiger partial charge in [0.25, 0.3) is 0 Å². The Labute approximate surface area is 125 Å². The average molecular weight is 285 g/mol. The van der Waals surface area contributed by atoms with Gasteiger partial charge in [-0.3, -0.25) is 0 Å². The molecule has 0 aliphatic carbocycles. The number of fused-ring (bicyclic) bond motifs is 1. The van der Waals surface area contributed by atoms with Crippen LogP contribution < -0.4 is 10.1 Å². The van der Waals surface area contributed by atoms with Crippen LogP contribution in [-0.4, -0.2) is 19.2 Å². The fourth-order valence-electron chi connectivity index (χ4n) is 2.75. The van der Waals surface area contributed by atoms with Gasteiger partial charge in [0.2, 0.25) is 0 Å². The van der Waals surface area contributed by atoms with E-state index in [0.29, 0.717) is 0 Å². The Morgan fingerprint density at radius 2 is 2.14 bits per heavy atom. The quantitative estimate of drug-likeness (QED) is 0.851. The average Bonchev–Trinajstić information content (AvgIpc) is 2.85. The van der Waals surface area contributed by atoms with Crippen LogP contribution >= 0.6 is 0 Å². The first-order chi connectivity index (χ1) is 10.2. The summed E-state index contributed by atoms with van der Waals surface area (Å²) in [6, 6.07) is 13.1. The van der Waals surface area contributed by atoms with Gasteiger partial charge in [-0.05, 0) is 49.2 Å². The smallest absolute Gasteiger partial charge is 0.123 e. The molecule has 1 atom stereocenters. The minimum absolute atomic E-state index is 0.169. The second kappa shape index (κ2) is 6.27. The topological polar surface area (TPSA) is 21.3 Å². The molecule has 0 radical (unpaired) electrons. The fourth-order valence-corrected chi connectivity index (χ4v) is 2.75. The summed E-state index contributed by atoms with van der Waals surface area (Å²) in [4.78, 5) is 0. The lowest BCUT2D eigenvalue weighted by Gasteiger charge is -2.11. The van der Waals surface area contributed by atoms with Gasteiger partial charge in [0.05, 0.1) is 0 Å². The van der Waals surface area contributed by atoms with Crippen molar-refractivity contribution in [3.8, 4) is 5.75 Å². The molecule has 110 valence electrons. The van der Waals surface area contributed by atoms with Crippen LogP contribution in [0.1, 0.15) is 16.7 Å². The number of ether oxygens (including phenoxy) is 1. The van der Waals surface area contributed by atoms with Gasteiger partial charge in [0.1, 0.15) is 17.7 Å². The summed E-state index contributed by atoms with van der Waals surface area (Å²) in [5.74, 6) is 0.843. The van der Waals surface area contributed by atoms with E-state index in [1.165, 1.54) is 17.2 Å². The maximum absolute atomic E-state index is 13.1. The Morgan fingerprint density at radius 3 is 3.00 bits per heavy atom. The molecule has 3 rings (SSSR count). The van der Waals surface area contributed by atoms with E-state index < -0.39 is 0 Å². The van der Waals surface area contributed by atoms with E-state index in [4.69, 9.17) is 4.74 Å².